The molecule has 1 aliphatic heterocycles. The van der Waals surface area contributed by atoms with Crippen LogP contribution in [0, 0.1) is 0 Å². The minimum Gasteiger partial charge on any atom is -0.341 e. The van der Waals surface area contributed by atoms with Crippen LogP contribution in [0.25, 0.3) is 0 Å². The smallest absolute Gasteiger partial charge is 0.264 e. The van der Waals surface area contributed by atoms with Crippen molar-refractivity contribution < 1.29 is 9.59 Å². The second-order valence-electron chi connectivity index (χ2n) is 6.73. The third kappa shape index (κ3) is 3.60. The SMILES string of the molecule is CN(C(=O)C1CCCCN1C(=O)c1cccs1)C1CCCCC1. The number of likely N-dealkylation sites (N-methyl/N-ethyl adjacent to an activating group) is 1. The molecule has 0 bridgehead atoms. The summed E-state index contributed by atoms with van der Waals surface area (Å²) in [4.78, 5) is 30.2. The van der Waals surface area contributed by atoms with Crippen LogP contribution in [-0.2, 0) is 4.79 Å². The molecular weight excluding hydrogens is 308 g/mol. The van der Waals surface area contributed by atoms with Gasteiger partial charge in [0.1, 0.15) is 6.04 Å². The van der Waals surface area contributed by atoms with Crippen molar-refractivity contribution in [3.05, 3.63) is 22.4 Å². The summed E-state index contributed by atoms with van der Waals surface area (Å²) in [5.41, 5.74) is 0. The Morgan fingerprint density at radius 2 is 1.87 bits per heavy atom. The van der Waals surface area contributed by atoms with Gasteiger partial charge in [0.25, 0.3) is 5.91 Å². The molecule has 0 aromatic carbocycles. The molecule has 126 valence electrons. The molecule has 1 aliphatic carbocycles. The van der Waals surface area contributed by atoms with Crippen molar-refractivity contribution in [1.29, 1.82) is 0 Å². The molecule has 2 heterocycles. The van der Waals surface area contributed by atoms with E-state index in [0.717, 1.165) is 37.0 Å². The van der Waals surface area contributed by atoms with Crippen molar-refractivity contribution in [2.75, 3.05) is 13.6 Å². The molecular formula is C18H26N2O2S. The van der Waals surface area contributed by atoms with Crippen LogP contribution in [0.1, 0.15) is 61.0 Å². The first-order valence-electron chi connectivity index (χ1n) is 8.79. The van der Waals surface area contributed by atoms with E-state index in [1.54, 1.807) is 0 Å². The van der Waals surface area contributed by atoms with Gasteiger partial charge in [-0.05, 0) is 43.6 Å². The fourth-order valence-electron chi connectivity index (χ4n) is 3.86. The molecule has 1 aromatic heterocycles. The van der Waals surface area contributed by atoms with E-state index in [1.807, 2.05) is 34.4 Å². The van der Waals surface area contributed by atoms with Crippen LogP contribution in [0.5, 0.6) is 0 Å². The summed E-state index contributed by atoms with van der Waals surface area (Å²) in [5.74, 6) is 0.164. The van der Waals surface area contributed by atoms with E-state index in [2.05, 4.69) is 0 Å². The molecule has 3 rings (SSSR count). The Bertz CT molecular complexity index is 537. The maximum Gasteiger partial charge on any atom is 0.264 e. The molecule has 5 heteroatoms. The second-order valence-corrected chi connectivity index (χ2v) is 7.68. The number of hydrogen-bond donors (Lipinski definition) is 0. The first-order chi connectivity index (χ1) is 11.2. The molecule has 4 nitrogen and oxygen atoms in total. The maximum absolute atomic E-state index is 13.0. The van der Waals surface area contributed by atoms with Gasteiger partial charge < -0.3 is 9.80 Å². The van der Waals surface area contributed by atoms with E-state index >= 15 is 0 Å². The minimum absolute atomic E-state index is 0.0232. The summed E-state index contributed by atoms with van der Waals surface area (Å²) < 4.78 is 0. The summed E-state index contributed by atoms with van der Waals surface area (Å²) >= 11 is 1.46. The second kappa shape index (κ2) is 7.47. The van der Waals surface area contributed by atoms with Gasteiger partial charge >= 0.3 is 0 Å². The maximum atomic E-state index is 13.0. The Morgan fingerprint density at radius 3 is 2.57 bits per heavy atom. The topological polar surface area (TPSA) is 40.6 Å². The number of carbonyl (C=O) groups is 2. The van der Waals surface area contributed by atoms with Crippen LogP contribution >= 0.6 is 11.3 Å². The van der Waals surface area contributed by atoms with Crippen LogP contribution < -0.4 is 0 Å². The molecule has 2 amide bonds. The molecule has 1 saturated heterocycles. The van der Waals surface area contributed by atoms with Crippen molar-refractivity contribution in [2.45, 2.75) is 63.5 Å². The Labute approximate surface area is 142 Å². The van der Waals surface area contributed by atoms with Gasteiger partial charge in [0.05, 0.1) is 4.88 Å². The zero-order valence-corrected chi connectivity index (χ0v) is 14.7. The normalized spacial score (nSPS) is 22.8. The number of hydrogen-bond acceptors (Lipinski definition) is 3. The molecule has 2 aliphatic rings. The average molecular weight is 334 g/mol. The van der Waals surface area contributed by atoms with Gasteiger partial charge in [-0.2, -0.15) is 0 Å². The number of carbonyl (C=O) groups excluding carboxylic acids is 2. The summed E-state index contributed by atoms with van der Waals surface area (Å²) in [6, 6.07) is 3.84. The summed E-state index contributed by atoms with van der Waals surface area (Å²) in [6.45, 7) is 0.700. The Morgan fingerprint density at radius 1 is 1.13 bits per heavy atom. The van der Waals surface area contributed by atoms with Gasteiger partial charge in [-0.15, -0.1) is 11.3 Å². The summed E-state index contributed by atoms with van der Waals surface area (Å²) in [7, 11) is 1.93. The van der Waals surface area contributed by atoms with Crippen molar-refractivity contribution in [3.8, 4) is 0 Å². The lowest BCUT2D eigenvalue weighted by Crippen LogP contribution is -2.54. The van der Waals surface area contributed by atoms with Gasteiger partial charge in [0, 0.05) is 19.6 Å². The van der Waals surface area contributed by atoms with E-state index in [1.165, 1.54) is 30.6 Å². The van der Waals surface area contributed by atoms with Crippen molar-refractivity contribution in [1.82, 2.24) is 9.80 Å². The van der Waals surface area contributed by atoms with E-state index < -0.39 is 0 Å². The molecule has 1 aromatic rings. The third-order valence-corrected chi connectivity index (χ3v) is 6.11. The number of thiophene rings is 1. The van der Waals surface area contributed by atoms with Gasteiger partial charge in [-0.1, -0.05) is 25.3 Å². The number of piperidine rings is 1. The molecule has 0 spiro atoms. The largest absolute Gasteiger partial charge is 0.341 e. The minimum atomic E-state index is -0.273. The number of nitrogens with zero attached hydrogens (tertiary/aromatic N) is 2. The highest BCUT2D eigenvalue weighted by Crippen LogP contribution is 2.26. The Balaban J connectivity index is 1.72. The van der Waals surface area contributed by atoms with Crippen molar-refractivity contribution in [3.63, 3.8) is 0 Å². The highest BCUT2D eigenvalue weighted by molar-refractivity contribution is 7.12. The molecule has 1 atom stereocenters. The molecule has 1 unspecified atom stereocenters. The summed E-state index contributed by atoms with van der Waals surface area (Å²) in [6.07, 6.45) is 8.74. The predicted molar refractivity (Wildman–Crippen MR) is 92.6 cm³/mol. The van der Waals surface area contributed by atoms with Gasteiger partial charge in [-0.25, -0.2) is 0 Å². The van der Waals surface area contributed by atoms with E-state index in [4.69, 9.17) is 0 Å². The zero-order valence-electron chi connectivity index (χ0n) is 13.9. The molecule has 0 radical (unpaired) electrons. The van der Waals surface area contributed by atoms with E-state index in [9.17, 15) is 9.59 Å². The van der Waals surface area contributed by atoms with E-state index in [-0.39, 0.29) is 17.9 Å². The van der Waals surface area contributed by atoms with Gasteiger partial charge in [0.2, 0.25) is 5.91 Å². The highest BCUT2D eigenvalue weighted by Gasteiger charge is 2.36. The Kier molecular flexibility index (Phi) is 5.36. The fourth-order valence-corrected chi connectivity index (χ4v) is 4.54. The fraction of sp³-hybridized carbons (Fsp3) is 0.667. The zero-order chi connectivity index (χ0) is 16.2. The lowest BCUT2D eigenvalue weighted by Gasteiger charge is -2.39. The quantitative estimate of drug-likeness (QED) is 0.848. The highest BCUT2D eigenvalue weighted by atomic mass is 32.1. The van der Waals surface area contributed by atoms with Crippen molar-refractivity contribution >= 4 is 23.2 Å². The van der Waals surface area contributed by atoms with E-state index in [0.29, 0.717) is 12.6 Å². The average Bonchev–Trinajstić information content (AvgIpc) is 3.15. The third-order valence-electron chi connectivity index (χ3n) is 5.25. The van der Waals surface area contributed by atoms with Gasteiger partial charge in [-0.3, -0.25) is 9.59 Å². The van der Waals surface area contributed by atoms with Crippen LogP contribution in [-0.4, -0.2) is 47.3 Å². The number of likely N-dealkylation sites (tertiary alicyclic amines) is 1. The predicted octanol–water partition coefficient (Wildman–Crippen LogP) is 3.53. The number of rotatable bonds is 3. The first kappa shape index (κ1) is 16.5. The molecule has 2 fully saturated rings. The van der Waals surface area contributed by atoms with Crippen molar-refractivity contribution in [2.24, 2.45) is 0 Å². The van der Waals surface area contributed by atoms with Crippen LogP contribution in [0.15, 0.2) is 17.5 Å². The standard InChI is InChI=1S/C18H26N2O2S/c1-19(14-8-3-2-4-9-14)17(21)15-10-5-6-12-20(15)18(22)16-11-7-13-23-16/h7,11,13-15H,2-6,8-10,12H2,1H3. The van der Waals surface area contributed by atoms with Gasteiger partial charge in [0.15, 0.2) is 0 Å². The molecule has 0 N–H and O–H groups in total. The number of amides is 2. The first-order valence-corrected chi connectivity index (χ1v) is 9.67. The van der Waals surface area contributed by atoms with Crippen LogP contribution in [0.3, 0.4) is 0 Å². The Hall–Kier alpha value is -1.36. The monoisotopic (exact) mass is 334 g/mol. The molecule has 23 heavy (non-hydrogen) atoms. The van der Waals surface area contributed by atoms with Crippen LogP contribution in [0.4, 0.5) is 0 Å². The lowest BCUT2D eigenvalue weighted by atomic mass is 9.93. The summed E-state index contributed by atoms with van der Waals surface area (Å²) in [5, 5.41) is 1.92. The van der Waals surface area contributed by atoms with Crippen LogP contribution in [0.2, 0.25) is 0 Å². The lowest BCUT2D eigenvalue weighted by molar-refractivity contribution is -0.138. The molecule has 1 saturated carbocycles.